The predicted molar refractivity (Wildman–Crippen MR) is 132 cm³/mol. The number of nitrogens with zero attached hydrogens (tertiary/aromatic N) is 3. The summed E-state index contributed by atoms with van der Waals surface area (Å²) in [6.45, 7) is 5.64. The van der Waals surface area contributed by atoms with Crippen molar-refractivity contribution in [1.82, 2.24) is 9.66 Å². The fraction of sp³-hybridized carbons (Fsp3) is 0.304. The number of aromatic nitrogens is 2. The molecule has 7 nitrogen and oxygen atoms in total. The van der Waals surface area contributed by atoms with Crippen molar-refractivity contribution in [2.24, 2.45) is 5.10 Å². The molecule has 1 heterocycles. The van der Waals surface area contributed by atoms with Crippen molar-refractivity contribution in [3.8, 4) is 5.75 Å². The lowest BCUT2D eigenvalue weighted by Crippen LogP contribution is -2.25. The molecule has 0 aliphatic carbocycles. The van der Waals surface area contributed by atoms with Crippen LogP contribution in [0.15, 0.2) is 55.2 Å². The van der Waals surface area contributed by atoms with Gasteiger partial charge in [-0.05, 0) is 49.7 Å². The maximum atomic E-state index is 13.3. The molecule has 3 aromatic rings. The van der Waals surface area contributed by atoms with Crippen molar-refractivity contribution in [3.63, 3.8) is 0 Å². The Hall–Kier alpha value is -2.52. The number of carbonyl (C=O) groups excluding carboxylic acids is 1. The molecule has 0 spiro atoms. The first-order valence-electron chi connectivity index (χ1n) is 10.1. The lowest BCUT2D eigenvalue weighted by atomic mass is 10.1. The van der Waals surface area contributed by atoms with Crippen LogP contribution in [-0.4, -0.2) is 35.1 Å². The van der Waals surface area contributed by atoms with Crippen molar-refractivity contribution in [1.29, 1.82) is 0 Å². The predicted octanol–water partition coefficient (Wildman–Crippen LogP) is 5.26. The first-order chi connectivity index (χ1) is 15.2. The van der Waals surface area contributed by atoms with Gasteiger partial charge < -0.3 is 9.47 Å². The molecule has 32 heavy (non-hydrogen) atoms. The van der Waals surface area contributed by atoms with Crippen molar-refractivity contribution in [2.45, 2.75) is 39.2 Å². The number of benzene rings is 2. The minimum Gasteiger partial charge on any atom is -0.478 e. The van der Waals surface area contributed by atoms with E-state index < -0.39 is 12.1 Å². The Labute approximate surface area is 202 Å². The second kappa shape index (κ2) is 10.4. The van der Waals surface area contributed by atoms with E-state index in [1.165, 1.54) is 18.0 Å². The number of halogens is 2. The molecule has 0 amide bonds. The first kappa shape index (κ1) is 24.1. The molecule has 9 heteroatoms. The number of hydrogen-bond donors (Lipinski definition) is 0. The molecule has 3 rings (SSSR count). The number of ether oxygens (including phenoxy) is 2. The smallest absolute Gasteiger partial charge is 0.346 e. The van der Waals surface area contributed by atoms with Crippen LogP contribution in [0.25, 0.3) is 10.9 Å². The summed E-state index contributed by atoms with van der Waals surface area (Å²) in [6, 6.07) is 10.7. The van der Waals surface area contributed by atoms with Crippen molar-refractivity contribution >= 4 is 54.9 Å². The summed E-state index contributed by atoms with van der Waals surface area (Å²) in [6.07, 6.45) is 1.53. The molecule has 0 unspecified atom stereocenters. The van der Waals surface area contributed by atoms with Crippen molar-refractivity contribution < 1.29 is 14.3 Å². The van der Waals surface area contributed by atoms with Crippen LogP contribution in [0.4, 0.5) is 0 Å². The molecule has 0 N–H and O–H groups in total. The highest BCUT2D eigenvalue weighted by Gasteiger charge is 2.18. The Balaban J connectivity index is 2.12. The van der Waals surface area contributed by atoms with E-state index in [0.717, 1.165) is 15.4 Å². The lowest BCUT2D eigenvalue weighted by Gasteiger charge is -2.15. The van der Waals surface area contributed by atoms with Crippen LogP contribution < -0.4 is 10.3 Å². The SMILES string of the molecule is CC[C@@H](C)c1nc2ccc(Br)cc2c(=O)n1N=Cc1cc(Br)ccc1O[C@H](C)C(=O)OC. The van der Waals surface area contributed by atoms with Gasteiger partial charge in [-0.15, -0.1) is 0 Å². The Morgan fingerprint density at radius 3 is 2.56 bits per heavy atom. The summed E-state index contributed by atoms with van der Waals surface area (Å²) in [5, 5.41) is 4.95. The van der Waals surface area contributed by atoms with E-state index in [1.807, 2.05) is 26.0 Å². The molecular weight excluding hydrogens is 542 g/mol. The van der Waals surface area contributed by atoms with Gasteiger partial charge in [0.25, 0.3) is 5.56 Å². The summed E-state index contributed by atoms with van der Waals surface area (Å²) in [7, 11) is 1.31. The second-order valence-electron chi connectivity index (χ2n) is 7.27. The highest BCUT2D eigenvalue weighted by atomic mass is 79.9. The van der Waals surface area contributed by atoms with Gasteiger partial charge in [-0.3, -0.25) is 4.79 Å². The third-order valence-corrected chi connectivity index (χ3v) is 5.99. The van der Waals surface area contributed by atoms with Gasteiger partial charge in [0.1, 0.15) is 11.6 Å². The Morgan fingerprint density at radius 1 is 1.19 bits per heavy atom. The van der Waals surface area contributed by atoms with Gasteiger partial charge in [-0.25, -0.2) is 9.78 Å². The van der Waals surface area contributed by atoms with Crippen LogP contribution in [-0.2, 0) is 9.53 Å². The molecule has 2 aromatic carbocycles. The summed E-state index contributed by atoms with van der Waals surface area (Å²) in [4.78, 5) is 29.8. The topological polar surface area (TPSA) is 82.8 Å². The lowest BCUT2D eigenvalue weighted by molar-refractivity contribution is -0.147. The zero-order valence-corrected chi connectivity index (χ0v) is 21.3. The Kier molecular flexibility index (Phi) is 7.84. The normalized spacial score (nSPS) is 13.3. The maximum absolute atomic E-state index is 13.3. The first-order valence-corrected chi connectivity index (χ1v) is 11.6. The fourth-order valence-electron chi connectivity index (χ4n) is 3.03. The summed E-state index contributed by atoms with van der Waals surface area (Å²) in [5.74, 6) is 0.536. The number of rotatable bonds is 7. The Morgan fingerprint density at radius 2 is 1.88 bits per heavy atom. The minimum atomic E-state index is -0.800. The van der Waals surface area contributed by atoms with Crippen LogP contribution in [0.2, 0.25) is 0 Å². The third kappa shape index (κ3) is 5.27. The van der Waals surface area contributed by atoms with Gasteiger partial charge >= 0.3 is 5.97 Å². The number of hydrogen-bond acceptors (Lipinski definition) is 6. The average molecular weight is 565 g/mol. The van der Waals surface area contributed by atoms with Crippen LogP contribution >= 0.6 is 31.9 Å². The van der Waals surface area contributed by atoms with Gasteiger partial charge in [0.15, 0.2) is 6.10 Å². The van der Waals surface area contributed by atoms with Gasteiger partial charge in [-0.2, -0.15) is 9.78 Å². The van der Waals surface area contributed by atoms with E-state index in [0.29, 0.717) is 28.0 Å². The molecule has 0 radical (unpaired) electrons. The summed E-state index contributed by atoms with van der Waals surface area (Å²) in [5.41, 5.74) is 0.952. The highest BCUT2D eigenvalue weighted by molar-refractivity contribution is 9.10. The molecule has 0 saturated carbocycles. The minimum absolute atomic E-state index is 0.0190. The Bertz CT molecular complexity index is 1240. The van der Waals surface area contributed by atoms with E-state index >= 15 is 0 Å². The average Bonchev–Trinajstić information content (AvgIpc) is 2.78. The van der Waals surface area contributed by atoms with E-state index in [-0.39, 0.29) is 11.5 Å². The summed E-state index contributed by atoms with van der Waals surface area (Å²) >= 11 is 6.85. The monoisotopic (exact) mass is 563 g/mol. The maximum Gasteiger partial charge on any atom is 0.346 e. The second-order valence-corrected chi connectivity index (χ2v) is 9.10. The van der Waals surface area contributed by atoms with E-state index in [1.54, 1.807) is 31.2 Å². The number of carbonyl (C=O) groups is 1. The van der Waals surface area contributed by atoms with Gasteiger partial charge in [0, 0.05) is 20.4 Å². The largest absolute Gasteiger partial charge is 0.478 e. The molecule has 0 aliphatic rings. The molecule has 1 aromatic heterocycles. The van der Waals surface area contributed by atoms with E-state index in [4.69, 9.17) is 14.5 Å². The van der Waals surface area contributed by atoms with Gasteiger partial charge in [0.05, 0.1) is 24.2 Å². The molecule has 168 valence electrons. The number of methoxy groups -OCH3 is 1. The van der Waals surface area contributed by atoms with E-state index in [9.17, 15) is 9.59 Å². The number of fused-ring (bicyclic) bond motifs is 1. The van der Waals surface area contributed by atoms with Gasteiger partial charge in [0.2, 0.25) is 0 Å². The van der Waals surface area contributed by atoms with Crippen LogP contribution in [0.1, 0.15) is 44.5 Å². The molecule has 0 aliphatic heterocycles. The number of esters is 1. The van der Waals surface area contributed by atoms with Crippen molar-refractivity contribution in [3.05, 3.63) is 67.1 Å². The van der Waals surface area contributed by atoms with Gasteiger partial charge in [-0.1, -0.05) is 45.7 Å². The van der Waals surface area contributed by atoms with Crippen LogP contribution in [0.3, 0.4) is 0 Å². The fourth-order valence-corrected chi connectivity index (χ4v) is 3.77. The van der Waals surface area contributed by atoms with Crippen LogP contribution in [0, 0.1) is 0 Å². The van der Waals surface area contributed by atoms with E-state index in [2.05, 4.69) is 37.0 Å². The zero-order chi connectivity index (χ0) is 23.4. The molecule has 0 fully saturated rings. The summed E-state index contributed by atoms with van der Waals surface area (Å²) < 4.78 is 13.4. The zero-order valence-electron chi connectivity index (χ0n) is 18.1. The van der Waals surface area contributed by atoms with Crippen LogP contribution in [0.5, 0.6) is 5.75 Å². The molecule has 2 atom stereocenters. The van der Waals surface area contributed by atoms with Crippen molar-refractivity contribution in [2.75, 3.05) is 7.11 Å². The standard InChI is InChI=1S/C23H23Br2N3O4/c1-5-13(2)21-27-19-8-6-17(25)11-18(19)22(29)28(21)26-12-15-10-16(24)7-9-20(15)32-14(3)23(30)31-4/h6-14H,5H2,1-4H3/t13-,14-/m1/s1. The molecule has 0 saturated heterocycles. The molecule has 0 bridgehead atoms. The highest BCUT2D eigenvalue weighted by Crippen LogP contribution is 2.24. The molecular formula is C23H23Br2N3O4. The quantitative estimate of drug-likeness (QED) is 0.289. The third-order valence-electron chi connectivity index (χ3n) is 5.01.